The smallest absolute Gasteiger partial charge is 0.217 e. The Morgan fingerprint density at radius 2 is 2.00 bits per heavy atom. The topological polar surface area (TPSA) is 67.2 Å². The molecule has 0 bridgehead atoms. The summed E-state index contributed by atoms with van der Waals surface area (Å²) in [6.45, 7) is 7.46. The van der Waals surface area contributed by atoms with E-state index in [2.05, 4.69) is 29.7 Å². The van der Waals surface area contributed by atoms with Crippen molar-refractivity contribution >= 4 is 19.7 Å². The van der Waals surface area contributed by atoms with Crippen molar-refractivity contribution in [3.8, 4) is 0 Å². The molecule has 1 saturated heterocycles. The first-order valence-corrected chi connectivity index (χ1v) is 9.04. The van der Waals surface area contributed by atoms with E-state index in [0.29, 0.717) is 18.2 Å². The second kappa shape index (κ2) is 3.75. The van der Waals surface area contributed by atoms with Crippen LogP contribution in [0.1, 0.15) is 0 Å². The minimum Gasteiger partial charge on any atom is -0.342 e. The molecule has 0 aromatic rings. The van der Waals surface area contributed by atoms with Gasteiger partial charge in [-0.1, -0.05) is 36.4 Å². The van der Waals surface area contributed by atoms with E-state index in [9.17, 15) is 0 Å². The maximum absolute atomic E-state index is 8.61. The van der Waals surface area contributed by atoms with Gasteiger partial charge in [-0.2, -0.15) is 0 Å². The van der Waals surface area contributed by atoms with Gasteiger partial charge in [0.1, 0.15) is 6.04 Å². The molecule has 0 N–H and O–H groups in total. The number of rotatable bonds is 2. The number of azide groups is 1. The molecule has 0 aromatic carbocycles. The molecule has 16 heavy (non-hydrogen) atoms. The Kier molecular flexibility index (Phi) is 2.80. The Hall–Kier alpha value is -0.523. The van der Waals surface area contributed by atoms with Crippen molar-refractivity contribution in [1.82, 2.24) is 0 Å². The molecule has 0 radical (unpaired) electrons. The summed E-state index contributed by atoms with van der Waals surface area (Å²) in [6.07, 6.45) is 0. The Morgan fingerprint density at radius 1 is 1.44 bits per heavy atom. The molecule has 1 spiro atoms. The second-order valence-electron chi connectivity index (χ2n) is 4.95. The Bertz CT molecular complexity index is 392. The van der Waals surface area contributed by atoms with E-state index in [0.717, 1.165) is 5.20 Å². The van der Waals surface area contributed by atoms with Gasteiger partial charge in [0.2, 0.25) is 5.79 Å². The summed E-state index contributed by atoms with van der Waals surface area (Å²) in [7, 11) is -1.61. The van der Waals surface area contributed by atoms with Crippen molar-refractivity contribution in [2.24, 2.45) is 5.11 Å². The van der Waals surface area contributed by atoms with Crippen LogP contribution >= 0.6 is 11.6 Å². The molecule has 0 saturated carbocycles. The van der Waals surface area contributed by atoms with E-state index < -0.39 is 13.9 Å². The molecule has 0 amide bonds. The molecule has 1 atom stereocenters. The van der Waals surface area contributed by atoms with Crippen LogP contribution in [0.4, 0.5) is 0 Å². The fraction of sp³-hybridized carbons (Fsp3) is 0.778. The van der Waals surface area contributed by atoms with Gasteiger partial charge in [0, 0.05) is 4.91 Å². The molecule has 2 rings (SSSR count). The summed E-state index contributed by atoms with van der Waals surface area (Å²) >= 11 is 6.27. The third-order valence-corrected chi connectivity index (χ3v) is 5.63. The maximum atomic E-state index is 8.61. The van der Waals surface area contributed by atoms with Crippen molar-refractivity contribution < 1.29 is 9.47 Å². The quantitative estimate of drug-likeness (QED) is 0.331. The zero-order valence-electron chi connectivity index (χ0n) is 9.53. The second-order valence-corrected chi connectivity index (χ2v) is 10.4. The van der Waals surface area contributed by atoms with Gasteiger partial charge in [-0.25, -0.2) is 0 Å². The average Bonchev–Trinajstić information content (AvgIpc) is 2.66. The van der Waals surface area contributed by atoms with E-state index in [4.69, 9.17) is 26.6 Å². The molecule has 1 fully saturated rings. The minimum atomic E-state index is -1.61. The Balaban J connectivity index is 2.44. The maximum Gasteiger partial charge on any atom is 0.217 e. The van der Waals surface area contributed by atoms with Crippen LogP contribution in [-0.4, -0.2) is 33.1 Å². The summed E-state index contributed by atoms with van der Waals surface area (Å²) in [5.41, 5.74) is 8.61. The van der Waals surface area contributed by atoms with Crippen molar-refractivity contribution in [3.05, 3.63) is 20.7 Å². The van der Waals surface area contributed by atoms with Crippen molar-refractivity contribution in [1.29, 1.82) is 0 Å². The lowest BCUT2D eigenvalue weighted by atomic mass is 9.95. The molecule has 5 nitrogen and oxygen atoms in total. The van der Waals surface area contributed by atoms with E-state index in [1.54, 1.807) is 0 Å². The molecule has 2 aliphatic rings. The zero-order valence-corrected chi connectivity index (χ0v) is 11.3. The van der Waals surface area contributed by atoms with Gasteiger partial charge in [0.15, 0.2) is 0 Å². The first-order valence-electron chi connectivity index (χ1n) is 5.16. The molecule has 1 unspecified atom stereocenters. The highest BCUT2D eigenvalue weighted by Gasteiger charge is 2.60. The van der Waals surface area contributed by atoms with Gasteiger partial charge in [-0.15, -0.1) is 0 Å². The first kappa shape index (κ1) is 11.9. The van der Waals surface area contributed by atoms with Gasteiger partial charge >= 0.3 is 0 Å². The van der Waals surface area contributed by atoms with Gasteiger partial charge in [-0.3, -0.25) is 0 Å². The summed E-state index contributed by atoms with van der Waals surface area (Å²) in [5.74, 6) is -0.969. The monoisotopic (exact) mass is 259 g/mol. The number of halogens is 1. The number of nitrogens with zero attached hydrogens (tertiary/aromatic N) is 3. The summed E-state index contributed by atoms with van der Waals surface area (Å²) < 4.78 is 11.0. The summed E-state index contributed by atoms with van der Waals surface area (Å²) in [5, 5.41) is 5.42. The molecule has 7 heteroatoms. The van der Waals surface area contributed by atoms with E-state index in [1.807, 2.05) is 0 Å². The average molecular weight is 260 g/mol. The lowest BCUT2D eigenvalue weighted by Gasteiger charge is -2.47. The molecular weight excluding hydrogens is 246 g/mol. The molecular formula is C9H14ClN3O2Si. The fourth-order valence-electron chi connectivity index (χ4n) is 2.18. The first-order chi connectivity index (χ1) is 7.43. The highest BCUT2D eigenvalue weighted by atomic mass is 35.5. The standard InChI is InChI=1S/C9H14ClN3O2Si/c1-16(2,3)6-7(10)9(8(6)12-13-11)14-4-5-15-9/h8H,4-5H2,1-3H3. The Morgan fingerprint density at radius 3 is 2.44 bits per heavy atom. The van der Waals surface area contributed by atoms with E-state index in [1.165, 1.54) is 0 Å². The van der Waals surface area contributed by atoms with E-state index >= 15 is 0 Å². The number of ether oxygens (including phenoxy) is 2. The molecule has 0 aromatic heterocycles. The molecule has 88 valence electrons. The number of hydrogen-bond donors (Lipinski definition) is 0. The van der Waals surface area contributed by atoms with Crippen LogP contribution in [-0.2, 0) is 9.47 Å². The van der Waals surface area contributed by atoms with Gasteiger partial charge in [-0.05, 0) is 10.7 Å². The van der Waals surface area contributed by atoms with Crippen LogP contribution in [0.15, 0.2) is 15.3 Å². The van der Waals surface area contributed by atoms with Gasteiger partial charge in [0.05, 0.1) is 26.3 Å². The van der Waals surface area contributed by atoms with Crippen molar-refractivity contribution in [2.75, 3.05) is 13.2 Å². The van der Waals surface area contributed by atoms with Crippen molar-refractivity contribution in [2.45, 2.75) is 31.5 Å². The SMILES string of the molecule is C[Si](C)(C)C1=C(Cl)C2(OCCO2)C1N=[N+]=[N-]. The largest absolute Gasteiger partial charge is 0.342 e. The van der Waals surface area contributed by atoms with Crippen LogP contribution in [0.5, 0.6) is 0 Å². The lowest BCUT2D eigenvalue weighted by Crippen LogP contribution is -2.58. The molecule has 1 heterocycles. The normalized spacial score (nSPS) is 27.9. The zero-order chi connectivity index (χ0) is 12.0. The van der Waals surface area contributed by atoms with Crippen molar-refractivity contribution in [3.63, 3.8) is 0 Å². The third-order valence-electron chi connectivity index (χ3n) is 2.87. The van der Waals surface area contributed by atoms with Crippen LogP contribution in [0.3, 0.4) is 0 Å². The van der Waals surface area contributed by atoms with Crippen LogP contribution in [0.2, 0.25) is 19.6 Å². The van der Waals surface area contributed by atoms with E-state index in [-0.39, 0.29) is 6.04 Å². The minimum absolute atomic E-state index is 0.390. The predicted octanol–water partition coefficient (Wildman–Crippen LogP) is 2.79. The van der Waals surface area contributed by atoms with Gasteiger partial charge in [0.25, 0.3) is 0 Å². The highest BCUT2D eigenvalue weighted by molar-refractivity contribution is 6.84. The van der Waals surface area contributed by atoms with Crippen LogP contribution < -0.4 is 0 Å². The lowest BCUT2D eigenvalue weighted by molar-refractivity contribution is -0.143. The predicted molar refractivity (Wildman–Crippen MR) is 63.8 cm³/mol. The third kappa shape index (κ3) is 1.49. The van der Waals surface area contributed by atoms with Gasteiger partial charge < -0.3 is 9.47 Å². The summed E-state index contributed by atoms with van der Waals surface area (Å²) in [4.78, 5) is 2.87. The van der Waals surface area contributed by atoms with Crippen LogP contribution in [0, 0.1) is 0 Å². The number of hydrogen-bond acceptors (Lipinski definition) is 3. The fourth-order valence-corrected chi connectivity index (χ4v) is 5.24. The Labute approximate surface area is 100 Å². The highest BCUT2D eigenvalue weighted by Crippen LogP contribution is 2.52. The van der Waals surface area contributed by atoms with Crippen LogP contribution in [0.25, 0.3) is 10.4 Å². The molecule has 1 aliphatic heterocycles. The summed E-state index contributed by atoms with van der Waals surface area (Å²) in [6, 6.07) is -0.390. The molecule has 1 aliphatic carbocycles.